The predicted molar refractivity (Wildman–Crippen MR) is 49.2 cm³/mol. The van der Waals surface area contributed by atoms with E-state index in [0.717, 1.165) is 19.3 Å². The summed E-state index contributed by atoms with van der Waals surface area (Å²) in [5.74, 6) is 0.554. The third kappa shape index (κ3) is 5.24. The standard InChI is InChI=1S/C10H19NO2.Rb/c1-2-3-5-8-6-4-7-9(8)11-10(12)13;/h8-9,11H,2-7H2,1H3,(H,12,13);/q;+1/p-1. The Morgan fingerprint density at radius 2 is 2.21 bits per heavy atom. The average Bonchev–Trinajstić information content (AvgIpc) is 2.48. The van der Waals surface area contributed by atoms with Crippen LogP contribution in [-0.2, 0) is 0 Å². The third-order valence-electron chi connectivity index (χ3n) is 2.89. The topological polar surface area (TPSA) is 52.2 Å². The molecule has 1 N–H and O–H groups in total. The van der Waals surface area contributed by atoms with Crippen molar-refractivity contribution in [3.05, 3.63) is 0 Å². The van der Waals surface area contributed by atoms with Gasteiger partial charge in [0.25, 0.3) is 0 Å². The second kappa shape index (κ2) is 8.25. The number of unbranched alkanes of at least 4 members (excludes halogenated alkanes) is 1. The minimum atomic E-state index is -1.12. The first kappa shape index (κ1) is 15.1. The fourth-order valence-electron chi connectivity index (χ4n) is 2.19. The molecule has 1 saturated carbocycles. The van der Waals surface area contributed by atoms with Gasteiger partial charge in [-0.2, -0.15) is 0 Å². The van der Waals surface area contributed by atoms with Crippen molar-refractivity contribution in [2.75, 3.05) is 0 Å². The molecule has 2 atom stereocenters. The number of carboxylic acid groups (broad SMARTS) is 1. The van der Waals surface area contributed by atoms with Gasteiger partial charge < -0.3 is 15.2 Å². The van der Waals surface area contributed by atoms with Crippen molar-refractivity contribution >= 4 is 6.09 Å². The summed E-state index contributed by atoms with van der Waals surface area (Å²) < 4.78 is 0. The summed E-state index contributed by atoms with van der Waals surface area (Å²) in [4.78, 5) is 10.4. The molecule has 0 aromatic carbocycles. The molecule has 2 unspecified atom stereocenters. The van der Waals surface area contributed by atoms with Gasteiger partial charge in [0, 0.05) is 6.04 Å². The van der Waals surface area contributed by atoms with Crippen molar-refractivity contribution in [2.45, 2.75) is 51.5 Å². The van der Waals surface area contributed by atoms with Crippen LogP contribution in [0.5, 0.6) is 0 Å². The Morgan fingerprint density at radius 1 is 1.50 bits per heavy atom. The van der Waals surface area contributed by atoms with Crippen molar-refractivity contribution in [1.82, 2.24) is 5.32 Å². The Balaban J connectivity index is 0.00000169. The van der Waals surface area contributed by atoms with Crippen molar-refractivity contribution < 1.29 is 68.1 Å². The van der Waals surface area contributed by atoms with Crippen LogP contribution in [0.2, 0.25) is 0 Å². The van der Waals surface area contributed by atoms with Crippen LogP contribution in [-0.4, -0.2) is 12.1 Å². The van der Waals surface area contributed by atoms with Crippen LogP contribution >= 0.6 is 0 Å². The second-order valence-electron chi connectivity index (χ2n) is 3.87. The number of hydrogen-bond donors (Lipinski definition) is 1. The van der Waals surface area contributed by atoms with Gasteiger partial charge in [0.05, 0.1) is 0 Å². The monoisotopic (exact) mass is 269 g/mol. The Kier molecular flexibility index (Phi) is 8.89. The summed E-state index contributed by atoms with van der Waals surface area (Å²) in [6.45, 7) is 2.16. The fraction of sp³-hybridized carbons (Fsp3) is 0.900. The molecule has 0 spiro atoms. The molecule has 76 valence electrons. The molecule has 1 fully saturated rings. The number of nitrogens with one attached hydrogen (secondary N) is 1. The predicted octanol–water partition coefficient (Wildman–Crippen LogP) is -1.72. The maximum Gasteiger partial charge on any atom is 1.00 e. The van der Waals surface area contributed by atoms with Gasteiger partial charge >= 0.3 is 58.2 Å². The van der Waals surface area contributed by atoms with Crippen LogP contribution in [0.1, 0.15) is 45.4 Å². The molecule has 0 radical (unpaired) electrons. The first-order chi connectivity index (χ1) is 6.24. The van der Waals surface area contributed by atoms with E-state index in [4.69, 9.17) is 0 Å². The van der Waals surface area contributed by atoms with E-state index < -0.39 is 6.09 Å². The van der Waals surface area contributed by atoms with Gasteiger partial charge in [-0.1, -0.05) is 26.2 Å². The van der Waals surface area contributed by atoms with E-state index in [2.05, 4.69) is 12.2 Å². The van der Waals surface area contributed by atoms with Crippen molar-refractivity contribution in [1.29, 1.82) is 0 Å². The van der Waals surface area contributed by atoms with Crippen LogP contribution in [0.4, 0.5) is 4.79 Å². The van der Waals surface area contributed by atoms with E-state index in [1.807, 2.05) is 0 Å². The molecule has 1 aliphatic carbocycles. The molecule has 0 bridgehead atoms. The molecule has 4 heteroatoms. The normalized spacial score (nSPS) is 25.5. The van der Waals surface area contributed by atoms with E-state index in [1.54, 1.807) is 0 Å². The Morgan fingerprint density at radius 3 is 2.79 bits per heavy atom. The maximum absolute atomic E-state index is 10.4. The van der Waals surface area contributed by atoms with Crippen LogP contribution in [0.3, 0.4) is 0 Å². The van der Waals surface area contributed by atoms with Crippen LogP contribution < -0.4 is 68.6 Å². The summed E-state index contributed by atoms with van der Waals surface area (Å²) in [5.41, 5.74) is 0. The molecule has 14 heavy (non-hydrogen) atoms. The molecule has 0 aliphatic heterocycles. The van der Waals surface area contributed by atoms with Gasteiger partial charge in [0.2, 0.25) is 0 Å². The zero-order valence-electron chi connectivity index (χ0n) is 9.21. The molecule has 0 aromatic heterocycles. The van der Waals surface area contributed by atoms with Gasteiger partial charge in [-0.15, -0.1) is 0 Å². The molecule has 1 aliphatic rings. The zero-order valence-corrected chi connectivity index (χ0v) is 14.1. The summed E-state index contributed by atoms with van der Waals surface area (Å²) in [6.07, 6.45) is 5.74. The average molecular weight is 270 g/mol. The smallest absolute Gasteiger partial charge is 0.530 e. The molecule has 0 aromatic rings. The minimum Gasteiger partial charge on any atom is -0.530 e. The first-order valence-electron chi connectivity index (χ1n) is 5.21. The van der Waals surface area contributed by atoms with Crippen LogP contribution in [0, 0.1) is 5.92 Å². The first-order valence-corrected chi connectivity index (χ1v) is 5.21. The SMILES string of the molecule is CCCCC1CCCC1NC(=O)[O-].[Rb+]. The van der Waals surface area contributed by atoms with Gasteiger partial charge in [0.1, 0.15) is 6.09 Å². The fourth-order valence-corrected chi connectivity index (χ4v) is 2.19. The quantitative estimate of drug-likeness (QED) is 0.660. The molecular weight excluding hydrogens is 252 g/mol. The van der Waals surface area contributed by atoms with Crippen LogP contribution in [0.25, 0.3) is 0 Å². The number of rotatable bonds is 4. The molecule has 3 nitrogen and oxygen atoms in total. The van der Waals surface area contributed by atoms with Gasteiger partial charge in [-0.3, -0.25) is 0 Å². The summed E-state index contributed by atoms with van der Waals surface area (Å²) >= 11 is 0. The van der Waals surface area contributed by atoms with Crippen LogP contribution in [0.15, 0.2) is 0 Å². The Bertz CT molecular complexity index is 176. The van der Waals surface area contributed by atoms with Crippen molar-refractivity contribution in [2.24, 2.45) is 5.92 Å². The third-order valence-corrected chi connectivity index (χ3v) is 2.89. The second-order valence-corrected chi connectivity index (χ2v) is 3.87. The van der Waals surface area contributed by atoms with E-state index in [-0.39, 0.29) is 64.2 Å². The molecule has 1 rings (SSSR count). The molecule has 0 saturated heterocycles. The minimum absolute atomic E-state index is 0. The Labute approximate surface area is 135 Å². The molecular formula is C10H18NO2Rb. The molecule has 0 heterocycles. The maximum atomic E-state index is 10.4. The van der Waals surface area contributed by atoms with Crippen molar-refractivity contribution in [3.63, 3.8) is 0 Å². The Hall–Kier alpha value is 1.08. The van der Waals surface area contributed by atoms with E-state index in [1.165, 1.54) is 19.3 Å². The summed E-state index contributed by atoms with van der Waals surface area (Å²) in [6, 6.07) is 0.163. The van der Waals surface area contributed by atoms with Gasteiger partial charge in [0.15, 0.2) is 0 Å². The number of carbonyl (C=O) groups is 1. The largest absolute Gasteiger partial charge is 1.00 e. The van der Waals surface area contributed by atoms with Gasteiger partial charge in [-0.25, -0.2) is 0 Å². The number of carbonyl (C=O) groups excluding carboxylic acids is 1. The summed E-state index contributed by atoms with van der Waals surface area (Å²) in [5, 5.41) is 12.9. The summed E-state index contributed by atoms with van der Waals surface area (Å²) in [7, 11) is 0. The van der Waals surface area contributed by atoms with E-state index in [0.29, 0.717) is 5.92 Å². The molecule has 1 amide bonds. The zero-order chi connectivity index (χ0) is 9.68. The number of amides is 1. The number of hydrogen-bond acceptors (Lipinski definition) is 2. The van der Waals surface area contributed by atoms with Crippen molar-refractivity contribution in [3.8, 4) is 0 Å². The van der Waals surface area contributed by atoms with E-state index >= 15 is 0 Å². The van der Waals surface area contributed by atoms with Gasteiger partial charge in [-0.05, 0) is 25.2 Å². The van der Waals surface area contributed by atoms with E-state index in [9.17, 15) is 9.90 Å².